The van der Waals surface area contributed by atoms with Gasteiger partial charge in [0.1, 0.15) is 12.4 Å². The summed E-state index contributed by atoms with van der Waals surface area (Å²) in [7, 11) is 0. The molecule has 4 heteroatoms. The summed E-state index contributed by atoms with van der Waals surface area (Å²) < 4.78 is 6.82. The molecule has 1 aromatic heterocycles. The van der Waals surface area contributed by atoms with Gasteiger partial charge in [-0.25, -0.2) is 4.98 Å². The lowest BCUT2D eigenvalue weighted by atomic mass is 10.1. The van der Waals surface area contributed by atoms with Gasteiger partial charge in [0.2, 0.25) is 0 Å². The zero-order valence-electron chi connectivity index (χ0n) is 10.6. The molecule has 3 rings (SSSR count). The maximum Gasteiger partial charge on any atom is 0.159 e. The van der Waals surface area contributed by atoms with Crippen LogP contribution in [0.3, 0.4) is 0 Å². The number of halogens is 1. The summed E-state index contributed by atoms with van der Waals surface area (Å²) in [4.78, 5) is 4.45. The van der Waals surface area contributed by atoms with Crippen LogP contribution in [0.4, 0.5) is 0 Å². The molecule has 0 saturated carbocycles. The number of benzene rings is 2. The highest BCUT2D eigenvalue weighted by Crippen LogP contribution is 2.32. The molecule has 3 aromatic rings. The summed E-state index contributed by atoms with van der Waals surface area (Å²) in [5, 5.41) is 2.02. The summed E-state index contributed by atoms with van der Waals surface area (Å²) in [5.41, 5.74) is 3.11. The first-order valence-corrected chi connectivity index (χ1v) is 7.87. The Morgan fingerprint density at radius 1 is 1.00 bits per heavy atom. The summed E-state index contributed by atoms with van der Waals surface area (Å²) in [6.45, 7) is 0.559. The molecule has 0 N–H and O–H groups in total. The largest absolute Gasteiger partial charge is 0.488 e. The Bertz CT molecular complexity index is 696. The zero-order valence-corrected chi connectivity index (χ0v) is 13.0. The zero-order chi connectivity index (χ0) is 13.8. The van der Waals surface area contributed by atoms with Crippen LogP contribution in [0.25, 0.3) is 11.3 Å². The topological polar surface area (TPSA) is 22.1 Å². The molecule has 20 heavy (non-hydrogen) atoms. The van der Waals surface area contributed by atoms with E-state index in [-0.39, 0.29) is 0 Å². The van der Waals surface area contributed by atoms with Crippen molar-refractivity contribution < 1.29 is 4.74 Å². The smallest absolute Gasteiger partial charge is 0.159 e. The fraction of sp³-hybridized carbons (Fsp3) is 0.0625. The minimum absolute atomic E-state index is 0.559. The van der Waals surface area contributed by atoms with E-state index in [2.05, 4.69) is 33.0 Å². The number of ether oxygens (including phenoxy) is 1. The average molecular weight is 346 g/mol. The van der Waals surface area contributed by atoms with Gasteiger partial charge in [0.25, 0.3) is 0 Å². The van der Waals surface area contributed by atoms with E-state index < -0.39 is 0 Å². The Morgan fingerprint density at radius 2 is 1.75 bits per heavy atom. The normalized spacial score (nSPS) is 10.4. The lowest BCUT2D eigenvalue weighted by Gasteiger charge is -2.10. The average Bonchev–Trinajstić information content (AvgIpc) is 2.93. The fourth-order valence-corrected chi connectivity index (χ4v) is 2.93. The number of para-hydroxylation sites is 1. The second kappa shape index (κ2) is 6.20. The third-order valence-corrected chi connectivity index (χ3v) is 4.24. The Labute approximate surface area is 130 Å². The van der Waals surface area contributed by atoms with E-state index in [1.165, 1.54) is 0 Å². The van der Waals surface area contributed by atoms with E-state index >= 15 is 0 Å². The molecule has 0 amide bonds. The van der Waals surface area contributed by atoms with Crippen LogP contribution in [0.2, 0.25) is 0 Å². The number of thiazole rings is 1. The van der Waals surface area contributed by atoms with Gasteiger partial charge in [0.15, 0.2) is 3.92 Å². The number of hydrogen-bond acceptors (Lipinski definition) is 3. The first-order chi connectivity index (χ1) is 9.83. The van der Waals surface area contributed by atoms with E-state index in [0.717, 1.165) is 26.5 Å². The molecule has 0 unspecified atom stereocenters. The van der Waals surface area contributed by atoms with Crippen LogP contribution >= 0.6 is 27.3 Å². The monoisotopic (exact) mass is 345 g/mol. The molecule has 0 fully saturated rings. The third kappa shape index (κ3) is 3.08. The minimum atomic E-state index is 0.559. The first kappa shape index (κ1) is 13.3. The standard InChI is InChI=1S/C16H12BrNOS/c17-16-18-14(11-20-16)13-8-4-5-9-15(13)19-10-12-6-2-1-3-7-12/h1-9,11H,10H2. The Hall–Kier alpha value is -1.65. The quantitative estimate of drug-likeness (QED) is 0.652. The molecule has 0 spiro atoms. The lowest BCUT2D eigenvalue weighted by Crippen LogP contribution is -1.96. The molecule has 0 atom stereocenters. The number of hydrogen-bond donors (Lipinski definition) is 0. The Kier molecular flexibility index (Phi) is 4.14. The van der Waals surface area contributed by atoms with Crippen LogP contribution in [0.1, 0.15) is 5.56 Å². The Balaban J connectivity index is 1.83. The van der Waals surface area contributed by atoms with Gasteiger partial charge in [-0.2, -0.15) is 0 Å². The van der Waals surface area contributed by atoms with Crippen molar-refractivity contribution in [1.29, 1.82) is 0 Å². The van der Waals surface area contributed by atoms with E-state index in [0.29, 0.717) is 6.61 Å². The van der Waals surface area contributed by atoms with Gasteiger partial charge in [-0.1, -0.05) is 42.5 Å². The van der Waals surface area contributed by atoms with Crippen molar-refractivity contribution >= 4 is 27.3 Å². The van der Waals surface area contributed by atoms with Crippen molar-refractivity contribution in [3.05, 3.63) is 69.5 Å². The molecule has 0 aliphatic heterocycles. The molecule has 0 saturated heterocycles. The van der Waals surface area contributed by atoms with Crippen LogP contribution in [0.15, 0.2) is 63.9 Å². The van der Waals surface area contributed by atoms with Crippen LogP contribution in [0.5, 0.6) is 5.75 Å². The van der Waals surface area contributed by atoms with Gasteiger partial charge in [0.05, 0.1) is 5.69 Å². The van der Waals surface area contributed by atoms with Crippen molar-refractivity contribution in [2.45, 2.75) is 6.61 Å². The Morgan fingerprint density at radius 3 is 2.50 bits per heavy atom. The van der Waals surface area contributed by atoms with Gasteiger partial charge in [-0.05, 0) is 33.6 Å². The predicted molar refractivity (Wildman–Crippen MR) is 86.0 cm³/mol. The molecule has 100 valence electrons. The predicted octanol–water partition coefficient (Wildman–Crippen LogP) is 5.15. The maximum atomic E-state index is 5.94. The first-order valence-electron chi connectivity index (χ1n) is 6.20. The summed E-state index contributed by atoms with van der Waals surface area (Å²) in [5.74, 6) is 0.856. The summed E-state index contributed by atoms with van der Waals surface area (Å²) in [6, 6.07) is 18.1. The number of aromatic nitrogens is 1. The second-order valence-corrected chi connectivity index (χ2v) is 6.39. The van der Waals surface area contributed by atoms with Crippen molar-refractivity contribution in [3.8, 4) is 17.0 Å². The SMILES string of the molecule is Brc1nc(-c2ccccc2OCc2ccccc2)cs1. The van der Waals surface area contributed by atoms with Crippen molar-refractivity contribution in [2.24, 2.45) is 0 Å². The van der Waals surface area contributed by atoms with Crippen LogP contribution in [-0.2, 0) is 6.61 Å². The summed E-state index contributed by atoms with van der Waals surface area (Å²) >= 11 is 4.97. The van der Waals surface area contributed by atoms with Gasteiger partial charge in [0, 0.05) is 10.9 Å². The van der Waals surface area contributed by atoms with Crippen molar-refractivity contribution in [3.63, 3.8) is 0 Å². The number of nitrogens with zero attached hydrogens (tertiary/aromatic N) is 1. The van der Waals surface area contributed by atoms with Gasteiger partial charge in [-0.15, -0.1) is 11.3 Å². The van der Waals surface area contributed by atoms with E-state index in [9.17, 15) is 0 Å². The van der Waals surface area contributed by atoms with Crippen LogP contribution in [0, 0.1) is 0 Å². The van der Waals surface area contributed by atoms with Gasteiger partial charge < -0.3 is 4.74 Å². The van der Waals surface area contributed by atoms with Crippen molar-refractivity contribution in [2.75, 3.05) is 0 Å². The maximum absolute atomic E-state index is 5.94. The highest BCUT2D eigenvalue weighted by atomic mass is 79.9. The molecule has 0 radical (unpaired) electrons. The fourth-order valence-electron chi connectivity index (χ4n) is 1.91. The van der Waals surface area contributed by atoms with Crippen LogP contribution < -0.4 is 4.74 Å². The van der Waals surface area contributed by atoms with Gasteiger partial charge >= 0.3 is 0 Å². The minimum Gasteiger partial charge on any atom is -0.488 e. The second-order valence-electron chi connectivity index (χ2n) is 4.26. The third-order valence-electron chi connectivity index (χ3n) is 2.88. The molecular formula is C16H12BrNOS. The molecule has 2 nitrogen and oxygen atoms in total. The molecule has 1 heterocycles. The highest BCUT2D eigenvalue weighted by molar-refractivity contribution is 9.11. The molecule has 0 aliphatic rings. The van der Waals surface area contributed by atoms with Gasteiger partial charge in [-0.3, -0.25) is 0 Å². The van der Waals surface area contributed by atoms with E-state index in [4.69, 9.17) is 4.74 Å². The molecule has 0 aliphatic carbocycles. The molecular weight excluding hydrogens is 334 g/mol. The van der Waals surface area contributed by atoms with E-state index in [1.807, 2.05) is 47.8 Å². The number of rotatable bonds is 4. The lowest BCUT2D eigenvalue weighted by molar-refractivity contribution is 0.307. The van der Waals surface area contributed by atoms with E-state index in [1.54, 1.807) is 11.3 Å². The molecule has 2 aromatic carbocycles. The van der Waals surface area contributed by atoms with Crippen molar-refractivity contribution in [1.82, 2.24) is 4.98 Å². The van der Waals surface area contributed by atoms with Crippen LogP contribution in [-0.4, -0.2) is 4.98 Å². The highest BCUT2D eigenvalue weighted by Gasteiger charge is 2.09. The molecule has 0 bridgehead atoms. The summed E-state index contributed by atoms with van der Waals surface area (Å²) in [6.07, 6.45) is 0.